The van der Waals surface area contributed by atoms with Crippen LogP contribution in [0.25, 0.3) is 10.9 Å². The summed E-state index contributed by atoms with van der Waals surface area (Å²) < 4.78 is 6.78. The molecule has 5 nitrogen and oxygen atoms in total. The van der Waals surface area contributed by atoms with Gasteiger partial charge in [-0.2, -0.15) is 5.26 Å². The zero-order chi connectivity index (χ0) is 16.4. The second-order valence-corrected chi connectivity index (χ2v) is 5.55. The van der Waals surface area contributed by atoms with Crippen molar-refractivity contribution >= 4 is 16.9 Å². The number of ether oxygens (including phenoxy) is 1. The highest BCUT2D eigenvalue weighted by Crippen LogP contribution is 2.20. The molecular weight excluding hydrogens is 280 g/mol. The summed E-state index contributed by atoms with van der Waals surface area (Å²) in [5.74, 6) is -0.398. The van der Waals surface area contributed by atoms with E-state index in [9.17, 15) is 9.59 Å². The molecule has 0 bridgehead atoms. The number of aryl methyl sites for hydroxylation is 2. The molecule has 0 fully saturated rings. The number of rotatable bonds is 3. The van der Waals surface area contributed by atoms with Crippen LogP contribution in [0.2, 0.25) is 0 Å². The van der Waals surface area contributed by atoms with Crippen LogP contribution >= 0.6 is 0 Å². The molecule has 0 saturated carbocycles. The summed E-state index contributed by atoms with van der Waals surface area (Å²) in [6.45, 7) is 7.35. The van der Waals surface area contributed by atoms with Crippen molar-refractivity contribution in [3.63, 3.8) is 0 Å². The minimum absolute atomic E-state index is 0.0214. The van der Waals surface area contributed by atoms with Crippen molar-refractivity contribution in [1.29, 1.82) is 5.26 Å². The molecule has 1 aromatic carbocycles. The molecule has 22 heavy (non-hydrogen) atoms. The summed E-state index contributed by atoms with van der Waals surface area (Å²) in [6.07, 6.45) is 1.22. The minimum Gasteiger partial charge on any atom is -0.462 e. The third kappa shape index (κ3) is 2.86. The van der Waals surface area contributed by atoms with Gasteiger partial charge in [-0.1, -0.05) is 6.07 Å². The van der Waals surface area contributed by atoms with Crippen molar-refractivity contribution < 1.29 is 9.53 Å². The lowest BCUT2D eigenvalue weighted by atomic mass is 10.0. The number of pyridine rings is 1. The maximum Gasteiger partial charge on any atom is 0.326 e. The second-order valence-electron chi connectivity index (χ2n) is 5.55. The summed E-state index contributed by atoms with van der Waals surface area (Å²) in [4.78, 5) is 24.2. The van der Waals surface area contributed by atoms with Gasteiger partial charge in [-0.25, -0.2) is 0 Å². The zero-order valence-electron chi connectivity index (χ0n) is 13.1. The maximum atomic E-state index is 12.3. The molecule has 0 atom stereocenters. The van der Waals surface area contributed by atoms with Crippen LogP contribution in [0.15, 0.2) is 23.1 Å². The topological polar surface area (TPSA) is 72.1 Å². The number of carbonyl (C=O) groups is 1. The lowest BCUT2D eigenvalue weighted by Gasteiger charge is -2.15. The van der Waals surface area contributed by atoms with Crippen molar-refractivity contribution in [1.82, 2.24) is 4.57 Å². The number of hydrogen-bond donors (Lipinski definition) is 0. The van der Waals surface area contributed by atoms with E-state index in [1.807, 2.05) is 26.0 Å². The van der Waals surface area contributed by atoms with Crippen molar-refractivity contribution in [3.05, 3.63) is 45.2 Å². The predicted molar refractivity (Wildman–Crippen MR) is 83.6 cm³/mol. The van der Waals surface area contributed by atoms with Gasteiger partial charge < -0.3 is 9.30 Å². The Labute approximate surface area is 128 Å². The minimum atomic E-state index is -0.398. The highest BCUT2D eigenvalue weighted by molar-refractivity contribution is 5.85. The average molecular weight is 298 g/mol. The molecule has 5 heteroatoms. The molecule has 2 aromatic rings. The Morgan fingerprint density at radius 2 is 2.05 bits per heavy atom. The third-order valence-corrected chi connectivity index (χ3v) is 3.55. The Morgan fingerprint density at radius 3 is 2.64 bits per heavy atom. The molecule has 0 radical (unpaired) electrons. The van der Waals surface area contributed by atoms with Gasteiger partial charge in [0, 0.05) is 11.6 Å². The van der Waals surface area contributed by atoms with Crippen molar-refractivity contribution in [3.8, 4) is 6.07 Å². The first-order valence-corrected chi connectivity index (χ1v) is 7.08. The number of nitriles is 1. The van der Waals surface area contributed by atoms with E-state index in [2.05, 4.69) is 0 Å². The van der Waals surface area contributed by atoms with Gasteiger partial charge in [-0.3, -0.25) is 9.59 Å². The second kappa shape index (κ2) is 6.02. The van der Waals surface area contributed by atoms with Crippen LogP contribution in [0.4, 0.5) is 0 Å². The first-order chi connectivity index (χ1) is 10.3. The van der Waals surface area contributed by atoms with Crippen LogP contribution in [-0.2, 0) is 16.1 Å². The SMILES string of the molecule is Cc1ccc2c(=O)c(C#N)cn(CC(=O)OC(C)C)c2c1C. The number of esters is 1. The molecule has 2 rings (SSSR count). The van der Waals surface area contributed by atoms with Crippen LogP contribution in [0.1, 0.15) is 30.5 Å². The van der Waals surface area contributed by atoms with Gasteiger partial charge in [-0.15, -0.1) is 0 Å². The first-order valence-electron chi connectivity index (χ1n) is 7.08. The van der Waals surface area contributed by atoms with Gasteiger partial charge in [0.2, 0.25) is 5.43 Å². The summed E-state index contributed by atoms with van der Waals surface area (Å²) in [7, 11) is 0. The van der Waals surface area contributed by atoms with Gasteiger partial charge >= 0.3 is 5.97 Å². The molecule has 0 amide bonds. The van der Waals surface area contributed by atoms with Crippen LogP contribution in [0, 0.1) is 25.2 Å². The van der Waals surface area contributed by atoms with E-state index in [0.717, 1.165) is 11.1 Å². The fraction of sp³-hybridized carbons (Fsp3) is 0.353. The van der Waals surface area contributed by atoms with Crippen molar-refractivity contribution in [2.45, 2.75) is 40.3 Å². The molecule has 1 aromatic heterocycles. The van der Waals surface area contributed by atoms with E-state index in [-0.39, 0.29) is 23.6 Å². The van der Waals surface area contributed by atoms with E-state index in [1.54, 1.807) is 24.5 Å². The number of aromatic nitrogens is 1. The molecule has 0 aliphatic carbocycles. The number of hydrogen-bond acceptors (Lipinski definition) is 4. The number of fused-ring (bicyclic) bond motifs is 1. The molecule has 0 unspecified atom stereocenters. The van der Waals surface area contributed by atoms with E-state index in [1.165, 1.54) is 6.20 Å². The Kier molecular flexibility index (Phi) is 4.32. The lowest BCUT2D eigenvalue weighted by molar-refractivity contribution is -0.148. The molecule has 0 aliphatic heterocycles. The monoisotopic (exact) mass is 298 g/mol. The van der Waals surface area contributed by atoms with Gasteiger partial charge in [0.1, 0.15) is 18.2 Å². The summed E-state index contributed by atoms with van der Waals surface area (Å²) in [6, 6.07) is 5.43. The number of carbonyl (C=O) groups excluding carboxylic acids is 1. The van der Waals surface area contributed by atoms with Crippen LogP contribution in [0.3, 0.4) is 0 Å². The van der Waals surface area contributed by atoms with E-state index in [4.69, 9.17) is 10.00 Å². The molecule has 0 spiro atoms. The zero-order valence-corrected chi connectivity index (χ0v) is 13.1. The summed E-state index contributed by atoms with van der Waals surface area (Å²) >= 11 is 0. The summed E-state index contributed by atoms with van der Waals surface area (Å²) in [5.41, 5.74) is 2.31. The quantitative estimate of drug-likeness (QED) is 0.816. The van der Waals surface area contributed by atoms with E-state index in [0.29, 0.717) is 10.9 Å². The number of benzene rings is 1. The van der Waals surface area contributed by atoms with Gasteiger partial charge in [0.25, 0.3) is 0 Å². The predicted octanol–water partition coefficient (Wildman–Crippen LogP) is 2.44. The Hall–Kier alpha value is -2.61. The van der Waals surface area contributed by atoms with Crippen molar-refractivity contribution in [2.24, 2.45) is 0 Å². The fourth-order valence-corrected chi connectivity index (χ4v) is 2.42. The number of nitrogens with zero attached hydrogens (tertiary/aromatic N) is 2. The van der Waals surface area contributed by atoms with E-state index >= 15 is 0 Å². The average Bonchev–Trinajstić information content (AvgIpc) is 2.44. The highest BCUT2D eigenvalue weighted by atomic mass is 16.5. The molecule has 114 valence electrons. The Bertz CT molecular complexity index is 842. The standard InChI is InChI=1S/C17H18N2O3/c1-10(2)22-15(20)9-19-8-13(7-18)17(21)14-6-5-11(3)12(4)16(14)19/h5-6,8,10H,9H2,1-4H3. The van der Waals surface area contributed by atoms with E-state index < -0.39 is 5.97 Å². The normalized spacial score (nSPS) is 10.7. The van der Waals surface area contributed by atoms with Crippen LogP contribution < -0.4 is 5.43 Å². The summed E-state index contributed by atoms with van der Waals surface area (Å²) in [5, 5.41) is 9.57. The molecule has 1 heterocycles. The Morgan fingerprint density at radius 1 is 1.36 bits per heavy atom. The first kappa shape index (κ1) is 15.8. The molecular formula is C17H18N2O3. The van der Waals surface area contributed by atoms with Crippen molar-refractivity contribution in [2.75, 3.05) is 0 Å². The Balaban J connectivity index is 2.69. The van der Waals surface area contributed by atoms with Gasteiger partial charge in [0.15, 0.2) is 0 Å². The smallest absolute Gasteiger partial charge is 0.326 e. The highest BCUT2D eigenvalue weighted by Gasteiger charge is 2.15. The molecule has 0 saturated heterocycles. The van der Waals surface area contributed by atoms with Gasteiger partial charge in [0.05, 0.1) is 11.6 Å². The fourth-order valence-electron chi connectivity index (χ4n) is 2.42. The molecule has 0 aliphatic rings. The lowest BCUT2D eigenvalue weighted by Crippen LogP contribution is -2.21. The van der Waals surface area contributed by atoms with Crippen LogP contribution in [0.5, 0.6) is 0 Å². The van der Waals surface area contributed by atoms with Crippen LogP contribution in [-0.4, -0.2) is 16.6 Å². The maximum absolute atomic E-state index is 12.3. The van der Waals surface area contributed by atoms with Gasteiger partial charge in [-0.05, 0) is 44.9 Å². The third-order valence-electron chi connectivity index (χ3n) is 3.55. The molecule has 0 N–H and O–H groups in total. The largest absolute Gasteiger partial charge is 0.462 e.